The Bertz CT molecular complexity index is 633. The monoisotopic (exact) mass is 323 g/mol. The Hall–Kier alpha value is -1.36. The summed E-state index contributed by atoms with van der Waals surface area (Å²) in [6, 6.07) is 14.7. The highest BCUT2D eigenvalue weighted by molar-refractivity contribution is 7.84. The van der Waals surface area contributed by atoms with Crippen LogP contribution in [0.25, 0.3) is 0 Å². The van der Waals surface area contributed by atoms with Crippen molar-refractivity contribution < 1.29 is 8.95 Å². The Morgan fingerprint density at radius 3 is 2.71 bits per heavy atom. The summed E-state index contributed by atoms with van der Waals surface area (Å²) in [6.07, 6.45) is 0. The van der Waals surface area contributed by atoms with Crippen LogP contribution in [0.3, 0.4) is 0 Å². The Balaban J connectivity index is 2.00. The molecular formula is C16H18ClNO2S. The summed E-state index contributed by atoms with van der Waals surface area (Å²) in [5, 5.41) is 0.640. The minimum absolute atomic E-state index is 0.288. The van der Waals surface area contributed by atoms with E-state index >= 15 is 0 Å². The summed E-state index contributed by atoms with van der Waals surface area (Å²) in [5.41, 5.74) is 7.93. The number of nitrogens with two attached hydrogens (primary N) is 1. The van der Waals surface area contributed by atoms with E-state index in [2.05, 4.69) is 0 Å². The molecule has 0 aliphatic heterocycles. The van der Waals surface area contributed by atoms with Crippen molar-refractivity contribution in [3.63, 3.8) is 0 Å². The van der Waals surface area contributed by atoms with Crippen LogP contribution in [0.15, 0.2) is 48.5 Å². The van der Waals surface area contributed by atoms with Gasteiger partial charge in [0.05, 0.1) is 12.9 Å². The largest absolute Gasteiger partial charge is 0.497 e. The standard InChI is InChI=1S/C16H18ClNO2S/c1-20-14-7-4-6-12(9-14)16(18)11-21(19)10-13-5-2-3-8-15(13)17/h2-9,16H,10-11,18H2,1H3. The molecule has 5 heteroatoms. The van der Waals surface area contributed by atoms with Crippen molar-refractivity contribution in [3.05, 3.63) is 64.7 Å². The van der Waals surface area contributed by atoms with Crippen molar-refractivity contribution in [1.82, 2.24) is 0 Å². The van der Waals surface area contributed by atoms with Crippen molar-refractivity contribution in [2.45, 2.75) is 11.8 Å². The summed E-state index contributed by atoms with van der Waals surface area (Å²) < 4.78 is 17.4. The van der Waals surface area contributed by atoms with Crippen LogP contribution in [-0.2, 0) is 16.6 Å². The second-order valence-electron chi connectivity index (χ2n) is 4.73. The molecule has 112 valence electrons. The molecule has 0 aromatic heterocycles. The molecule has 2 N–H and O–H groups in total. The van der Waals surface area contributed by atoms with Crippen LogP contribution in [0, 0.1) is 0 Å². The van der Waals surface area contributed by atoms with Gasteiger partial charge in [0.1, 0.15) is 5.75 Å². The number of ether oxygens (including phenoxy) is 1. The lowest BCUT2D eigenvalue weighted by Gasteiger charge is -2.13. The van der Waals surface area contributed by atoms with E-state index < -0.39 is 10.8 Å². The van der Waals surface area contributed by atoms with E-state index in [-0.39, 0.29) is 6.04 Å². The molecule has 2 aromatic carbocycles. The number of rotatable bonds is 6. The van der Waals surface area contributed by atoms with Gasteiger partial charge in [-0.15, -0.1) is 0 Å². The smallest absolute Gasteiger partial charge is 0.119 e. The van der Waals surface area contributed by atoms with Crippen LogP contribution in [0.2, 0.25) is 5.02 Å². The lowest BCUT2D eigenvalue weighted by Crippen LogP contribution is -2.19. The number of methoxy groups -OCH3 is 1. The van der Waals surface area contributed by atoms with Gasteiger partial charge < -0.3 is 10.5 Å². The minimum Gasteiger partial charge on any atom is -0.497 e. The molecule has 0 bridgehead atoms. The molecule has 0 fully saturated rings. The summed E-state index contributed by atoms with van der Waals surface area (Å²) >= 11 is 6.08. The Morgan fingerprint density at radius 1 is 1.24 bits per heavy atom. The van der Waals surface area contributed by atoms with Crippen LogP contribution < -0.4 is 10.5 Å². The highest BCUT2D eigenvalue weighted by Crippen LogP contribution is 2.21. The first-order chi connectivity index (χ1) is 10.1. The van der Waals surface area contributed by atoms with Crippen molar-refractivity contribution in [2.24, 2.45) is 5.73 Å². The van der Waals surface area contributed by atoms with Crippen molar-refractivity contribution in [1.29, 1.82) is 0 Å². The molecule has 0 heterocycles. The molecular weight excluding hydrogens is 306 g/mol. The van der Waals surface area contributed by atoms with Gasteiger partial charge in [0.25, 0.3) is 0 Å². The van der Waals surface area contributed by atoms with Gasteiger partial charge in [-0.1, -0.05) is 41.9 Å². The summed E-state index contributed by atoms with van der Waals surface area (Å²) in [6.45, 7) is 0. The maximum absolute atomic E-state index is 12.2. The molecule has 21 heavy (non-hydrogen) atoms. The van der Waals surface area contributed by atoms with E-state index in [1.807, 2.05) is 42.5 Å². The van der Waals surface area contributed by atoms with E-state index in [4.69, 9.17) is 22.1 Å². The molecule has 0 radical (unpaired) electrons. The maximum atomic E-state index is 12.2. The van der Waals surface area contributed by atoms with Crippen molar-refractivity contribution in [3.8, 4) is 5.75 Å². The molecule has 0 saturated heterocycles. The fourth-order valence-corrected chi connectivity index (χ4v) is 3.61. The van der Waals surface area contributed by atoms with Crippen LogP contribution in [0.1, 0.15) is 17.2 Å². The van der Waals surface area contributed by atoms with Gasteiger partial charge >= 0.3 is 0 Å². The van der Waals surface area contributed by atoms with Crippen molar-refractivity contribution >= 4 is 22.4 Å². The van der Waals surface area contributed by atoms with E-state index in [0.717, 1.165) is 16.9 Å². The highest BCUT2D eigenvalue weighted by Gasteiger charge is 2.13. The second kappa shape index (κ2) is 7.59. The molecule has 3 nitrogen and oxygen atoms in total. The number of halogens is 1. The van der Waals surface area contributed by atoms with E-state index in [1.54, 1.807) is 13.2 Å². The second-order valence-corrected chi connectivity index (χ2v) is 6.63. The molecule has 0 saturated carbocycles. The molecule has 2 aromatic rings. The lowest BCUT2D eigenvalue weighted by molar-refractivity contribution is 0.414. The van der Waals surface area contributed by atoms with Crippen LogP contribution in [0.4, 0.5) is 0 Å². The zero-order valence-corrected chi connectivity index (χ0v) is 13.4. The number of hydrogen-bond donors (Lipinski definition) is 1. The average molecular weight is 324 g/mol. The van der Waals surface area contributed by atoms with E-state index in [9.17, 15) is 4.21 Å². The zero-order chi connectivity index (χ0) is 15.2. The van der Waals surface area contributed by atoms with Gasteiger partial charge in [0.15, 0.2) is 0 Å². The van der Waals surface area contributed by atoms with Crippen molar-refractivity contribution in [2.75, 3.05) is 12.9 Å². The molecule has 0 aliphatic carbocycles. The predicted octanol–water partition coefficient (Wildman–Crippen LogP) is 3.30. The fourth-order valence-electron chi connectivity index (χ4n) is 2.02. The topological polar surface area (TPSA) is 52.3 Å². The first-order valence-corrected chi connectivity index (χ1v) is 8.44. The summed E-state index contributed by atoms with van der Waals surface area (Å²) in [5.74, 6) is 1.55. The summed E-state index contributed by atoms with van der Waals surface area (Å²) in [7, 11) is 0.541. The third-order valence-electron chi connectivity index (χ3n) is 3.16. The van der Waals surface area contributed by atoms with Crippen LogP contribution in [0.5, 0.6) is 5.75 Å². The predicted molar refractivity (Wildman–Crippen MR) is 88.1 cm³/mol. The molecule has 2 atom stereocenters. The van der Waals surface area contributed by atoms with Gasteiger partial charge in [-0.3, -0.25) is 4.21 Å². The molecule has 2 rings (SSSR count). The van der Waals surface area contributed by atoms with Gasteiger partial charge in [0.2, 0.25) is 0 Å². The number of benzene rings is 2. The Morgan fingerprint density at radius 2 is 2.00 bits per heavy atom. The SMILES string of the molecule is COc1cccc(C(N)CS(=O)Cc2ccccc2Cl)c1. The Kier molecular flexibility index (Phi) is 5.79. The minimum atomic E-state index is -1.07. The third-order valence-corrected chi connectivity index (χ3v) is 4.89. The van der Waals surface area contributed by atoms with E-state index in [0.29, 0.717) is 16.5 Å². The van der Waals surface area contributed by atoms with Crippen LogP contribution in [-0.4, -0.2) is 17.1 Å². The fraction of sp³-hybridized carbons (Fsp3) is 0.250. The van der Waals surface area contributed by atoms with Gasteiger partial charge in [-0.05, 0) is 29.3 Å². The van der Waals surface area contributed by atoms with Gasteiger partial charge in [-0.2, -0.15) is 0 Å². The maximum Gasteiger partial charge on any atom is 0.119 e. The summed E-state index contributed by atoms with van der Waals surface area (Å²) in [4.78, 5) is 0. The highest BCUT2D eigenvalue weighted by atomic mass is 35.5. The first-order valence-electron chi connectivity index (χ1n) is 6.58. The molecule has 2 unspecified atom stereocenters. The molecule has 0 spiro atoms. The Labute approximate surface area is 132 Å². The molecule has 0 aliphatic rings. The van der Waals surface area contributed by atoms with Gasteiger partial charge in [-0.25, -0.2) is 0 Å². The number of hydrogen-bond acceptors (Lipinski definition) is 3. The lowest BCUT2D eigenvalue weighted by atomic mass is 10.1. The van der Waals surface area contributed by atoms with E-state index in [1.165, 1.54) is 0 Å². The first kappa shape index (κ1) is 16.0. The zero-order valence-electron chi connectivity index (χ0n) is 11.8. The normalized spacial score (nSPS) is 13.7. The van der Waals surface area contributed by atoms with Crippen LogP contribution >= 0.6 is 11.6 Å². The average Bonchev–Trinajstić information content (AvgIpc) is 2.49. The quantitative estimate of drug-likeness (QED) is 0.887. The molecule has 0 amide bonds. The third kappa shape index (κ3) is 4.56. The van der Waals surface area contributed by atoms with Gasteiger partial charge in [0, 0.05) is 27.6 Å².